The number of esters is 2. The molecule has 7 heteroatoms. The summed E-state index contributed by atoms with van der Waals surface area (Å²) in [5.41, 5.74) is 5.47. The van der Waals surface area contributed by atoms with Crippen molar-refractivity contribution in [2.75, 3.05) is 0 Å². The highest BCUT2D eigenvalue weighted by Crippen LogP contribution is 2.14. The zero-order chi connectivity index (χ0) is 24.0. The van der Waals surface area contributed by atoms with Gasteiger partial charge >= 0.3 is 17.9 Å². The Morgan fingerprint density at radius 3 is 1.59 bits per heavy atom. The number of nitrogens with two attached hydrogens (primary N) is 1. The number of unbranched alkanes of at least 4 members (excludes halogenated alkanes) is 14. The number of hydrogen-bond donors (Lipinski definition) is 2. The lowest BCUT2D eigenvalue weighted by atomic mass is 10.0. The zero-order valence-corrected chi connectivity index (χ0v) is 20.1. The second kappa shape index (κ2) is 21.1. The monoisotopic (exact) mass is 455 g/mol. The molecule has 0 radical (unpaired) electrons. The Bertz CT molecular complexity index is 535. The average Bonchev–Trinajstić information content (AvgIpc) is 2.74. The maximum absolute atomic E-state index is 11.8. The minimum atomic E-state index is -1.18. The Balaban J connectivity index is 3.51. The van der Waals surface area contributed by atoms with Crippen LogP contribution in [0.5, 0.6) is 0 Å². The second-order valence-corrected chi connectivity index (χ2v) is 8.75. The van der Waals surface area contributed by atoms with E-state index in [1.807, 2.05) is 0 Å². The molecule has 0 spiro atoms. The number of carboxylic acids is 1. The summed E-state index contributed by atoms with van der Waals surface area (Å²) >= 11 is 0. The van der Waals surface area contributed by atoms with Gasteiger partial charge in [-0.15, -0.1) is 0 Å². The van der Waals surface area contributed by atoms with Gasteiger partial charge in [0.15, 0.2) is 0 Å². The van der Waals surface area contributed by atoms with Gasteiger partial charge in [-0.2, -0.15) is 0 Å². The largest absolute Gasteiger partial charge is 0.481 e. The van der Waals surface area contributed by atoms with Crippen molar-refractivity contribution in [2.45, 2.75) is 135 Å². The number of carboxylic acid groups (broad SMARTS) is 1. The van der Waals surface area contributed by atoms with E-state index in [4.69, 9.17) is 10.8 Å². The Morgan fingerprint density at radius 1 is 0.719 bits per heavy atom. The molecule has 186 valence electrons. The maximum atomic E-state index is 11.8. The Kier molecular flexibility index (Phi) is 19.9. The van der Waals surface area contributed by atoms with Gasteiger partial charge in [0.05, 0.1) is 0 Å². The third-order valence-electron chi connectivity index (χ3n) is 5.59. The third kappa shape index (κ3) is 20.2. The van der Waals surface area contributed by atoms with Crippen molar-refractivity contribution in [2.24, 2.45) is 5.73 Å². The van der Waals surface area contributed by atoms with Crippen LogP contribution in [-0.4, -0.2) is 34.8 Å². The summed E-state index contributed by atoms with van der Waals surface area (Å²) in [7, 11) is 0. The average molecular weight is 456 g/mol. The molecule has 0 rings (SSSR count). The number of carbonyl (C=O) groups excluding carboxylic acids is 3. The van der Waals surface area contributed by atoms with E-state index in [1.54, 1.807) is 0 Å². The number of hydrogen-bond acceptors (Lipinski definition) is 6. The van der Waals surface area contributed by atoms with Crippen molar-refractivity contribution in [1.82, 2.24) is 0 Å². The molecule has 7 nitrogen and oxygen atoms in total. The first-order chi connectivity index (χ1) is 15.4. The van der Waals surface area contributed by atoms with E-state index in [9.17, 15) is 19.2 Å². The zero-order valence-electron chi connectivity index (χ0n) is 20.1. The third-order valence-corrected chi connectivity index (χ3v) is 5.59. The lowest BCUT2D eigenvalue weighted by Crippen LogP contribution is -2.34. The lowest BCUT2D eigenvalue weighted by molar-refractivity contribution is -0.161. The number of ether oxygens (including phenoxy) is 1. The Morgan fingerprint density at radius 2 is 1.16 bits per heavy atom. The Labute approximate surface area is 193 Å². The second-order valence-electron chi connectivity index (χ2n) is 8.75. The van der Waals surface area contributed by atoms with E-state index >= 15 is 0 Å². The summed E-state index contributed by atoms with van der Waals surface area (Å²) in [4.78, 5) is 45.5. The van der Waals surface area contributed by atoms with E-state index in [0.717, 1.165) is 19.3 Å². The van der Waals surface area contributed by atoms with Gasteiger partial charge in [-0.25, -0.2) is 4.79 Å². The minimum Gasteiger partial charge on any atom is -0.481 e. The summed E-state index contributed by atoms with van der Waals surface area (Å²) in [5.74, 6) is -3.25. The van der Waals surface area contributed by atoms with E-state index in [1.165, 1.54) is 77.0 Å². The highest BCUT2D eigenvalue weighted by atomic mass is 16.6. The molecule has 32 heavy (non-hydrogen) atoms. The van der Waals surface area contributed by atoms with Crippen LogP contribution in [0.3, 0.4) is 0 Å². The Hall–Kier alpha value is -1.76. The molecule has 0 fully saturated rings. The predicted octanol–water partition coefficient (Wildman–Crippen LogP) is 5.47. The van der Waals surface area contributed by atoms with Gasteiger partial charge in [0.25, 0.3) is 0 Å². The first kappa shape index (κ1) is 30.2. The van der Waals surface area contributed by atoms with E-state index < -0.39 is 30.4 Å². The summed E-state index contributed by atoms with van der Waals surface area (Å²) in [6, 6.07) is -1.18. The number of Topliss-reactive ketones (excluding diaryl/α,β-unsaturated/α-hetero) is 1. The predicted molar refractivity (Wildman–Crippen MR) is 125 cm³/mol. The van der Waals surface area contributed by atoms with Crippen molar-refractivity contribution >= 4 is 23.7 Å². The molecule has 0 aliphatic carbocycles. The van der Waals surface area contributed by atoms with Crippen LogP contribution in [0.2, 0.25) is 0 Å². The van der Waals surface area contributed by atoms with Gasteiger partial charge in [0, 0.05) is 12.8 Å². The number of ketones is 1. The molecule has 0 aromatic rings. The molecular weight excluding hydrogens is 410 g/mol. The smallest absolute Gasteiger partial charge is 0.330 e. The van der Waals surface area contributed by atoms with E-state index in [0.29, 0.717) is 6.42 Å². The first-order valence-corrected chi connectivity index (χ1v) is 12.6. The highest BCUT2D eigenvalue weighted by molar-refractivity contribution is 5.99. The molecule has 3 N–H and O–H groups in total. The summed E-state index contributed by atoms with van der Waals surface area (Å²) in [6.45, 7) is 2.25. The fraction of sp³-hybridized carbons (Fsp3) is 0.840. The maximum Gasteiger partial charge on any atom is 0.330 e. The standard InChI is InChI=1S/C25H45NO6/c1-2-3-4-5-6-7-8-9-10-11-12-13-14-15-16-17-21(27)20-24(30)32-25(31)22(26)18-19-23(28)29/h22H,2-20,26H2,1H3,(H,28,29)/t22-/m0/s1. The van der Waals surface area contributed by atoms with Gasteiger partial charge in [-0.1, -0.05) is 96.8 Å². The lowest BCUT2D eigenvalue weighted by Gasteiger charge is -2.08. The molecule has 0 aromatic heterocycles. The molecule has 0 amide bonds. The van der Waals surface area contributed by atoms with Crippen molar-refractivity contribution < 1.29 is 29.0 Å². The molecular formula is C25H45NO6. The number of carbonyl (C=O) groups is 4. The first-order valence-electron chi connectivity index (χ1n) is 12.6. The summed E-state index contributed by atoms with van der Waals surface area (Å²) in [6.07, 6.45) is 18.1. The van der Waals surface area contributed by atoms with Crippen LogP contribution >= 0.6 is 0 Å². The number of aliphatic carboxylic acids is 1. The fourth-order valence-electron chi connectivity index (χ4n) is 3.56. The molecule has 0 heterocycles. The van der Waals surface area contributed by atoms with Gasteiger partial charge < -0.3 is 15.6 Å². The summed E-state index contributed by atoms with van der Waals surface area (Å²) in [5, 5.41) is 8.56. The van der Waals surface area contributed by atoms with Crippen molar-refractivity contribution in [1.29, 1.82) is 0 Å². The summed E-state index contributed by atoms with van der Waals surface area (Å²) < 4.78 is 4.53. The molecule has 0 aliphatic heterocycles. The highest BCUT2D eigenvalue weighted by Gasteiger charge is 2.21. The minimum absolute atomic E-state index is 0.117. The topological polar surface area (TPSA) is 124 Å². The van der Waals surface area contributed by atoms with Gasteiger partial charge in [-0.3, -0.25) is 14.4 Å². The fourth-order valence-corrected chi connectivity index (χ4v) is 3.56. The van der Waals surface area contributed by atoms with Gasteiger partial charge in [0.2, 0.25) is 0 Å². The van der Waals surface area contributed by atoms with Crippen molar-refractivity contribution in [3.8, 4) is 0 Å². The van der Waals surface area contributed by atoms with Crippen LogP contribution in [0, 0.1) is 0 Å². The normalized spacial score (nSPS) is 11.8. The van der Waals surface area contributed by atoms with Crippen LogP contribution < -0.4 is 5.73 Å². The molecule has 0 saturated heterocycles. The van der Waals surface area contributed by atoms with E-state index in [-0.39, 0.29) is 18.6 Å². The van der Waals surface area contributed by atoms with Crippen LogP contribution in [0.1, 0.15) is 129 Å². The molecule has 0 bridgehead atoms. The van der Waals surface area contributed by atoms with Crippen LogP contribution in [0.15, 0.2) is 0 Å². The number of rotatable bonds is 22. The van der Waals surface area contributed by atoms with Crippen molar-refractivity contribution in [3.05, 3.63) is 0 Å². The molecule has 1 atom stereocenters. The van der Waals surface area contributed by atoms with Crippen molar-refractivity contribution in [3.63, 3.8) is 0 Å². The molecule has 0 saturated carbocycles. The SMILES string of the molecule is CCCCCCCCCCCCCCCCCC(=O)CC(=O)OC(=O)[C@@H](N)CCC(=O)O. The van der Waals surface area contributed by atoms with E-state index in [2.05, 4.69) is 11.7 Å². The van der Waals surface area contributed by atoms with Crippen LogP contribution in [0.25, 0.3) is 0 Å². The van der Waals surface area contributed by atoms with Gasteiger partial charge in [0.1, 0.15) is 18.2 Å². The quantitative estimate of drug-likeness (QED) is 0.126. The van der Waals surface area contributed by atoms with Crippen LogP contribution in [0.4, 0.5) is 0 Å². The molecule has 0 unspecified atom stereocenters. The molecule has 0 aliphatic rings. The van der Waals surface area contributed by atoms with Crippen LogP contribution in [-0.2, 0) is 23.9 Å². The van der Waals surface area contributed by atoms with Gasteiger partial charge in [-0.05, 0) is 12.8 Å². The molecule has 0 aromatic carbocycles.